The van der Waals surface area contributed by atoms with Gasteiger partial charge in [0.1, 0.15) is 0 Å². The van der Waals surface area contributed by atoms with Crippen molar-refractivity contribution in [1.29, 1.82) is 0 Å². The van der Waals surface area contributed by atoms with Crippen LogP contribution in [-0.4, -0.2) is 48.7 Å². The van der Waals surface area contributed by atoms with E-state index in [0.717, 1.165) is 58.4 Å². The van der Waals surface area contributed by atoms with Crippen LogP contribution < -0.4 is 4.90 Å². The smallest absolute Gasteiger partial charge is 0.310 e. The lowest BCUT2D eigenvalue weighted by atomic mass is 9.85. The molecule has 1 saturated heterocycles. The predicted octanol–water partition coefficient (Wildman–Crippen LogP) is 2.45. The number of carboxylic acids is 1. The van der Waals surface area contributed by atoms with Gasteiger partial charge in [0, 0.05) is 38.4 Å². The van der Waals surface area contributed by atoms with Crippen molar-refractivity contribution in [3.05, 3.63) is 30.3 Å². The van der Waals surface area contributed by atoms with Gasteiger partial charge in [-0.05, 0) is 25.0 Å². The van der Waals surface area contributed by atoms with Gasteiger partial charge in [0.15, 0.2) is 0 Å². The van der Waals surface area contributed by atoms with Crippen LogP contribution in [0.15, 0.2) is 30.3 Å². The molecule has 1 N–H and O–H groups in total. The summed E-state index contributed by atoms with van der Waals surface area (Å²) in [4.78, 5) is 16.4. The van der Waals surface area contributed by atoms with Crippen LogP contribution in [0.25, 0.3) is 0 Å². The fraction of sp³-hybridized carbons (Fsp3) is 0.588. The molecule has 1 aliphatic heterocycles. The Hall–Kier alpha value is -1.55. The molecule has 0 spiro atoms. The van der Waals surface area contributed by atoms with Gasteiger partial charge in [-0.2, -0.15) is 0 Å². The topological polar surface area (TPSA) is 43.8 Å². The summed E-state index contributed by atoms with van der Waals surface area (Å²) in [6.45, 7) is 4.62. The summed E-state index contributed by atoms with van der Waals surface area (Å²) in [6.07, 6.45) is 3.83. The number of para-hydroxylation sites is 1. The van der Waals surface area contributed by atoms with E-state index in [1.807, 2.05) is 6.07 Å². The number of nitrogens with zero attached hydrogens (tertiary/aromatic N) is 2. The number of benzene rings is 1. The number of aliphatic carboxylic acids is 1. The number of carbonyl (C=O) groups is 1. The van der Waals surface area contributed by atoms with Crippen LogP contribution in [0, 0.1) is 5.41 Å². The molecule has 3 rings (SSSR count). The molecule has 1 heterocycles. The van der Waals surface area contributed by atoms with Gasteiger partial charge in [-0.1, -0.05) is 31.0 Å². The van der Waals surface area contributed by atoms with Crippen LogP contribution in [0.2, 0.25) is 0 Å². The molecule has 1 aromatic rings. The van der Waals surface area contributed by atoms with E-state index >= 15 is 0 Å². The van der Waals surface area contributed by atoms with Crippen molar-refractivity contribution in [3.8, 4) is 0 Å². The molecule has 2 fully saturated rings. The third-order valence-corrected chi connectivity index (χ3v) is 5.03. The van der Waals surface area contributed by atoms with Crippen LogP contribution in [0.1, 0.15) is 25.7 Å². The summed E-state index contributed by atoms with van der Waals surface area (Å²) in [5.41, 5.74) is 0.792. The van der Waals surface area contributed by atoms with E-state index in [9.17, 15) is 9.90 Å². The van der Waals surface area contributed by atoms with Crippen molar-refractivity contribution in [2.45, 2.75) is 25.7 Å². The van der Waals surface area contributed by atoms with Gasteiger partial charge in [0.25, 0.3) is 0 Å². The number of hydrogen-bond acceptors (Lipinski definition) is 3. The molecule has 0 unspecified atom stereocenters. The Balaban J connectivity index is 1.57. The van der Waals surface area contributed by atoms with Gasteiger partial charge >= 0.3 is 5.97 Å². The molecule has 21 heavy (non-hydrogen) atoms. The maximum atomic E-state index is 11.6. The van der Waals surface area contributed by atoms with Crippen LogP contribution in [-0.2, 0) is 4.79 Å². The van der Waals surface area contributed by atoms with E-state index < -0.39 is 11.4 Å². The maximum absolute atomic E-state index is 11.6. The monoisotopic (exact) mass is 288 g/mol. The molecular weight excluding hydrogens is 264 g/mol. The molecule has 1 aromatic carbocycles. The first-order valence-electron chi connectivity index (χ1n) is 7.95. The van der Waals surface area contributed by atoms with Crippen molar-refractivity contribution in [2.24, 2.45) is 5.41 Å². The summed E-state index contributed by atoms with van der Waals surface area (Å²) < 4.78 is 0. The Morgan fingerprint density at radius 1 is 1.05 bits per heavy atom. The first kappa shape index (κ1) is 14.4. The molecule has 0 amide bonds. The molecule has 1 aliphatic carbocycles. The standard InChI is InChI=1S/C17H24N2O2/c20-16(21)17(8-4-5-9-17)14-18-10-12-19(13-11-18)15-6-2-1-3-7-15/h1-3,6-7H,4-5,8-14H2,(H,20,21). The third kappa shape index (κ3) is 3.05. The minimum Gasteiger partial charge on any atom is -0.481 e. The van der Waals surface area contributed by atoms with E-state index in [4.69, 9.17) is 0 Å². The zero-order valence-electron chi connectivity index (χ0n) is 12.5. The maximum Gasteiger partial charge on any atom is 0.310 e. The van der Waals surface area contributed by atoms with Crippen molar-refractivity contribution in [2.75, 3.05) is 37.6 Å². The summed E-state index contributed by atoms with van der Waals surface area (Å²) in [6, 6.07) is 10.5. The first-order chi connectivity index (χ1) is 10.2. The Morgan fingerprint density at radius 3 is 2.24 bits per heavy atom. The van der Waals surface area contributed by atoms with Crippen LogP contribution in [0.4, 0.5) is 5.69 Å². The highest BCUT2D eigenvalue weighted by molar-refractivity contribution is 5.75. The number of piperazine rings is 1. The molecule has 0 aromatic heterocycles. The Kier molecular flexibility index (Phi) is 4.15. The molecule has 4 nitrogen and oxygen atoms in total. The van der Waals surface area contributed by atoms with Crippen LogP contribution in [0.3, 0.4) is 0 Å². The van der Waals surface area contributed by atoms with Crippen molar-refractivity contribution in [1.82, 2.24) is 4.90 Å². The van der Waals surface area contributed by atoms with E-state index in [-0.39, 0.29) is 0 Å². The average molecular weight is 288 g/mol. The Labute approximate surface area is 126 Å². The number of carboxylic acid groups (broad SMARTS) is 1. The first-order valence-corrected chi connectivity index (χ1v) is 7.95. The zero-order valence-corrected chi connectivity index (χ0v) is 12.5. The average Bonchev–Trinajstić information content (AvgIpc) is 2.99. The molecule has 4 heteroatoms. The van der Waals surface area contributed by atoms with E-state index in [2.05, 4.69) is 34.1 Å². The molecule has 2 aliphatic rings. The second kappa shape index (κ2) is 6.06. The normalized spacial score (nSPS) is 22.4. The highest BCUT2D eigenvalue weighted by Crippen LogP contribution is 2.39. The summed E-state index contributed by atoms with van der Waals surface area (Å²) in [5.74, 6) is -0.592. The van der Waals surface area contributed by atoms with Gasteiger partial charge < -0.3 is 10.0 Å². The number of rotatable bonds is 4. The van der Waals surface area contributed by atoms with Gasteiger partial charge in [0.05, 0.1) is 5.41 Å². The minimum atomic E-state index is -0.592. The van der Waals surface area contributed by atoms with Crippen molar-refractivity contribution < 1.29 is 9.90 Å². The van der Waals surface area contributed by atoms with Crippen LogP contribution in [0.5, 0.6) is 0 Å². The lowest BCUT2D eigenvalue weighted by Crippen LogP contribution is -2.51. The molecular formula is C17H24N2O2. The number of hydrogen-bond donors (Lipinski definition) is 1. The third-order valence-electron chi connectivity index (χ3n) is 5.03. The summed E-state index contributed by atoms with van der Waals surface area (Å²) in [7, 11) is 0. The molecule has 0 radical (unpaired) electrons. The van der Waals surface area contributed by atoms with E-state index in [0.29, 0.717) is 0 Å². The summed E-state index contributed by atoms with van der Waals surface area (Å²) in [5, 5.41) is 9.59. The molecule has 114 valence electrons. The van der Waals surface area contributed by atoms with Crippen molar-refractivity contribution in [3.63, 3.8) is 0 Å². The molecule has 0 atom stereocenters. The zero-order chi connectivity index (χ0) is 14.7. The highest BCUT2D eigenvalue weighted by atomic mass is 16.4. The SMILES string of the molecule is O=C(O)C1(CN2CCN(c3ccccc3)CC2)CCCC1. The lowest BCUT2D eigenvalue weighted by Gasteiger charge is -2.39. The number of anilines is 1. The van der Waals surface area contributed by atoms with Gasteiger partial charge in [-0.3, -0.25) is 9.69 Å². The quantitative estimate of drug-likeness (QED) is 0.924. The highest BCUT2D eigenvalue weighted by Gasteiger charge is 2.42. The van der Waals surface area contributed by atoms with Gasteiger partial charge in [-0.25, -0.2) is 0 Å². The fourth-order valence-corrected chi connectivity index (χ4v) is 3.72. The van der Waals surface area contributed by atoms with Gasteiger partial charge in [-0.15, -0.1) is 0 Å². The Bertz CT molecular complexity index is 475. The second-order valence-corrected chi connectivity index (χ2v) is 6.39. The minimum absolute atomic E-state index is 0.477. The largest absolute Gasteiger partial charge is 0.481 e. The second-order valence-electron chi connectivity index (χ2n) is 6.39. The molecule has 0 bridgehead atoms. The van der Waals surface area contributed by atoms with Crippen molar-refractivity contribution >= 4 is 11.7 Å². The Morgan fingerprint density at radius 2 is 1.67 bits per heavy atom. The summed E-state index contributed by atoms with van der Waals surface area (Å²) >= 11 is 0. The predicted molar refractivity (Wildman–Crippen MR) is 83.6 cm³/mol. The van der Waals surface area contributed by atoms with Crippen LogP contribution >= 0.6 is 0 Å². The van der Waals surface area contributed by atoms with Gasteiger partial charge in [0.2, 0.25) is 0 Å². The fourth-order valence-electron chi connectivity index (χ4n) is 3.72. The lowest BCUT2D eigenvalue weighted by molar-refractivity contribution is -0.150. The van der Waals surface area contributed by atoms with E-state index in [1.165, 1.54) is 5.69 Å². The van der Waals surface area contributed by atoms with E-state index in [1.54, 1.807) is 0 Å². The molecule has 1 saturated carbocycles.